The molecular weight excluding hydrogens is 1200 g/mol. The zero-order chi connectivity index (χ0) is 66.5. The quantitative estimate of drug-likeness (QED) is 0.0268. The van der Waals surface area contributed by atoms with Gasteiger partial charge in [-0.25, -0.2) is 4.21 Å². The van der Waals surface area contributed by atoms with Gasteiger partial charge in [-0.2, -0.15) is 0 Å². The molecule has 0 spiro atoms. The first-order chi connectivity index (χ1) is 45.2. The van der Waals surface area contributed by atoms with Crippen LogP contribution in [-0.2, 0) is 82.0 Å². The minimum absolute atomic E-state index is 0.0859. The van der Waals surface area contributed by atoms with Crippen molar-refractivity contribution in [1.82, 2.24) is 15.5 Å². The maximum absolute atomic E-state index is 13.2. The van der Waals surface area contributed by atoms with Crippen molar-refractivity contribution >= 4 is 39.6 Å². The zero-order valence-corrected chi connectivity index (χ0v) is 58.3. The third kappa shape index (κ3) is 60.0. The molecule has 0 heterocycles. The van der Waals surface area contributed by atoms with Gasteiger partial charge in [0.2, 0.25) is 23.6 Å². The molecule has 1 unspecified atom stereocenters. The topological polar surface area (TPSA) is 263 Å². The van der Waals surface area contributed by atoms with Crippen LogP contribution < -0.4 is 15.4 Å². The molecule has 0 radical (unpaired) electrons. The Morgan fingerprint density at radius 3 is 1.02 bits per heavy atom. The molecule has 1 rings (SSSR count). The molecule has 4 N–H and O–H groups in total. The number of nitrogens with zero attached hydrogens (tertiary/aromatic N) is 1. The molecule has 22 nitrogen and oxygen atoms in total. The van der Waals surface area contributed by atoms with Crippen LogP contribution in [0.5, 0.6) is 5.75 Å². The van der Waals surface area contributed by atoms with Gasteiger partial charge in [0.1, 0.15) is 29.8 Å². The van der Waals surface area contributed by atoms with E-state index in [-0.39, 0.29) is 43.4 Å². The van der Waals surface area contributed by atoms with E-state index in [1.54, 1.807) is 29.2 Å². The number of hydrogen-bond acceptors (Lipinski definition) is 19. The van der Waals surface area contributed by atoms with Crippen molar-refractivity contribution in [2.24, 2.45) is 0 Å². The average molecular weight is 1330 g/mol. The number of carbonyl (C=O) groups excluding carboxylic acids is 3. The summed E-state index contributed by atoms with van der Waals surface area (Å²) in [6.45, 7) is 14.1. The molecule has 0 fully saturated rings. The fourth-order valence-electron chi connectivity index (χ4n) is 9.36. The van der Waals surface area contributed by atoms with Crippen LogP contribution in [0.2, 0.25) is 0 Å². The minimum atomic E-state index is -1.61. The Bertz CT molecular complexity index is 1810. The van der Waals surface area contributed by atoms with E-state index in [9.17, 15) is 18.6 Å². The number of ether oxygens (including phenoxy) is 13. The molecule has 1 aromatic carbocycles. The lowest BCUT2D eigenvalue weighted by atomic mass is 10.0. The normalized spacial score (nSPS) is 11.7. The van der Waals surface area contributed by atoms with Crippen LogP contribution in [0.3, 0.4) is 0 Å². The molecule has 0 aliphatic heterocycles. The molecule has 0 bridgehead atoms. The second-order valence-electron chi connectivity index (χ2n) is 22.8. The van der Waals surface area contributed by atoms with Gasteiger partial charge in [-0.05, 0) is 37.1 Å². The molecule has 3 amide bonds. The molecular formula is C69H127N5O17S. The van der Waals surface area contributed by atoms with Crippen molar-refractivity contribution in [2.45, 2.75) is 194 Å². The highest BCUT2D eigenvalue weighted by molar-refractivity contribution is 7.99. The Kier molecular flexibility index (Phi) is 64.4. The van der Waals surface area contributed by atoms with Gasteiger partial charge in [0.25, 0.3) is 5.23 Å². The lowest BCUT2D eigenvalue weighted by Crippen LogP contribution is -2.39. The van der Waals surface area contributed by atoms with Crippen LogP contribution in [0.4, 0.5) is 0 Å². The van der Waals surface area contributed by atoms with Crippen molar-refractivity contribution in [2.75, 3.05) is 184 Å². The van der Waals surface area contributed by atoms with Crippen molar-refractivity contribution in [3.8, 4) is 5.75 Å². The lowest BCUT2D eigenvalue weighted by molar-refractivity contribution is -0.138. The van der Waals surface area contributed by atoms with E-state index >= 15 is 0 Å². The molecule has 92 heavy (non-hydrogen) atoms. The van der Waals surface area contributed by atoms with Crippen molar-refractivity contribution < 1.29 is 80.2 Å². The molecule has 0 saturated carbocycles. The number of benzene rings is 1. The van der Waals surface area contributed by atoms with E-state index < -0.39 is 16.0 Å². The van der Waals surface area contributed by atoms with Crippen LogP contribution in [-0.4, -0.2) is 222 Å². The van der Waals surface area contributed by atoms with Crippen molar-refractivity contribution in [3.63, 3.8) is 0 Å². The number of hydrogen-bond donors (Lipinski definition) is 4. The first-order valence-corrected chi connectivity index (χ1v) is 36.8. The Morgan fingerprint density at radius 1 is 0.391 bits per heavy atom. The summed E-state index contributed by atoms with van der Waals surface area (Å²) in [6.07, 6.45) is 35.9. The summed E-state index contributed by atoms with van der Waals surface area (Å²) in [5.74, 6) is 0.259. The predicted molar refractivity (Wildman–Crippen MR) is 364 cm³/mol. The van der Waals surface area contributed by atoms with Crippen LogP contribution in [0.15, 0.2) is 24.3 Å². The maximum Gasteiger partial charge on any atom is 0.280 e. The van der Waals surface area contributed by atoms with Crippen LogP contribution >= 0.6 is 0 Å². The number of carbonyl (C=O) groups is 3. The molecule has 0 aromatic heterocycles. The molecule has 0 aliphatic rings. The molecule has 1 atom stereocenters. The van der Waals surface area contributed by atoms with E-state index in [0.717, 1.165) is 25.7 Å². The highest BCUT2D eigenvalue weighted by Crippen LogP contribution is 2.16. The summed E-state index contributed by atoms with van der Waals surface area (Å²) in [5, 5.41) is 20.8. The second-order valence-corrected chi connectivity index (χ2v) is 24.1. The lowest BCUT2D eigenvalue weighted by Gasteiger charge is -2.23. The van der Waals surface area contributed by atoms with Gasteiger partial charge < -0.3 is 77.1 Å². The third-order valence-electron chi connectivity index (χ3n) is 14.8. The second kappa shape index (κ2) is 68.7. The van der Waals surface area contributed by atoms with Gasteiger partial charge >= 0.3 is 0 Å². The van der Waals surface area contributed by atoms with E-state index in [1.807, 2.05) is 0 Å². The summed E-state index contributed by atoms with van der Waals surface area (Å²) in [7, 11) is -1.61. The first kappa shape index (κ1) is 86.3. The molecule has 536 valence electrons. The van der Waals surface area contributed by atoms with Gasteiger partial charge in [-0.3, -0.25) is 25.2 Å². The van der Waals surface area contributed by atoms with Crippen molar-refractivity contribution in [3.05, 3.63) is 29.8 Å². The fraction of sp³-hybridized carbons (Fsp3) is 0.841. The van der Waals surface area contributed by atoms with E-state index in [0.29, 0.717) is 182 Å². The number of amides is 3. The summed E-state index contributed by atoms with van der Waals surface area (Å²) in [4.78, 5) is 39.2. The largest absolute Gasteiger partial charge is 0.491 e. The zero-order valence-electron chi connectivity index (χ0n) is 57.5. The molecule has 0 saturated heterocycles. The Balaban J connectivity index is 2.20. The van der Waals surface area contributed by atoms with Crippen LogP contribution in [0.1, 0.15) is 199 Å². The first-order valence-electron chi connectivity index (χ1n) is 35.3. The predicted octanol–water partition coefficient (Wildman–Crippen LogP) is 10.9. The average Bonchev–Trinajstić information content (AvgIpc) is 2.05. The number of nitrogens with one attached hydrogen (secondary N) is 4. The monoisotopic (exact) mass is 1330 g/mol. The Labute approximate surface area is 557 Å². The smallest absolute Gasteiger partial charge is 0.280 e. The molecule has 0 aliphatic carbocycles. The van der Waals surface area contributed by atoms with Gasteiger partial charge in [0, 0.05) is 50.8 Å². The summed E-state index contributed by atoms with van der Waals surface area (Å²) >= 11 is 0. The SMILES string of the molecule is CCCCCCCCCCCCCCCC(=O)NCCOCCOCCOCCOCCN(CCOCCOCCOCCOCCNC(=O)CCCCCCCCCCCCCCC)C(=O)COCCOCCOCCOc1ccc(C(=N)OC(=N)S(C)=O)cc1. The van der Waals surface area contributed by atoms with Gasteiger partial charge in [0.15, 0.2) is 0 Å². The highest BCUT2D eigenvalue weighted by atomic mass is 32.2. The third-order valence-corrected chi connectivity index (χ3v) is 15.4. The Hall–Kier alpha value is -3.72. The summed E-state index contributed by atoms with van der Waals surface area (Å²) in [6, 6.07) is 6.56. The maximum atomic E-state index is 13.2. The van der Waals surface area contributed by atoms with Crippen LogP contribution in [0.25, 0.3) is 0 Å². The van der Waals surface area contributed by atoms with Gasteiger partial charge in [-0.1, -0.05) is 168 Å². The summed E-state index contributed by atoms with van der Waals surface area (Å²) in [5.41, 5.74) is 0.419. The molecule has 1 aromatic rings. The van der Waals surface area contributed by atoms with E-state index in [4.69, 9.17) is 72.4 Å². The fourth-order valence-corrected chi connectivity index (χ4v) is 9.57. The molecule has 23 heteroatoms. The highest BCUT2D eigenvalue weighted by Gasteiger charge is 2.15. The van der Waals surface area contributed by atoms with Crippen molar-refractivity contribution in [1.29, 1.82) is 10.8 Å². The van der Waals surface area contributed by atoms with Crippen LogP contribution in [0, 0.1) is 10.8 Å². The minimum Gasteiger partial charge on any atom is -0.491 e. The van der Waals surface area contributed by atoms with E-state index in [2.05, 4.69) is 24.5 Å². The Morgan fingerprint density at radius 2 is 0.685 bits per heavy atom. The number of rotatable bonds is 71. The number of unbranched alkanes of at least 4 members (excludes halogenated alkanes) is 24. The summed E-state index contributed by atoms with van der Waals surface area (Å²) < 4.78 is 84.2. The van der Waals surface area contributed by atoms with Gasteiger partial charge in [0.05, 0.1) is 139 Å². The van der Waals surface area contributed by atoms with Gasteiger partial charge in [-0.15, -0.1) is 0 Å². The standard InChI is InChI=1S/C69H127N5O17S/c1-4-6-8-10-12-14-16-18-20-22-24-26-28-30-65(75)72-36-40-79-44-48-83-52-54-85-50-46-81-42-38-74(67(77)62-89-59-58-87-56-57-88-60-61-90-64-34-32-63(33-35-64)68(70)91-69(71)92(3)78)39-43-82-47-51-86-55-53-84-49-45-80-41-37-73-66(76)31-29-27-25-23-21-19-17-15-13-11-9-7-5-2/h32-35,70-71H,4-31,36-62H2,1-3H3,(H,72,75)(H,73,76). The van der Waals surface area contributed by atoms with E-state index in [1.165, 1.54) is 148 Å².